The van der Waals surface area contributed by atoms with Gasteiger partial charge in [0.25, 0.3) is 0 Å². The highest BCUT2D eigenvalue weighted by molar-refractivity contribution is 7.85. The van der Waals surface area contributed by atoms with Gasteiger partial charge in [-0.05, 0) is 30.5 Å². The first kappa shape index (κ1) is 18.7. The molecule has 0 spiro atoms. The molecule has 3 aromatic rings. The van der Waals surface area contributed by atoms with Crippen LogP contribution in [0.3, 0.4) is 0 Å². The molecule has 1 aromatic carbocycles. The van der Waals surface area contributed by atoms with Crippen LogP contribution in [0.5, 0.6) is 11.5 Å². The van der Waals surface area contributed by atoms with Gasteiger partial charge in [0.15, 0.2) is 11.5 Å². The summed E-state index contributed by atoms with van der Waals surface area (Å²) < 4.78 is 29.0. The van der Waals surface area contributed by atoms with E-state index in [-0.39, 0.29) is 11.7 Å². The molecule has 9 heteroatoms. The summed E-state index contributed by atoms with van der Waals surface area (Å²) in [5.74, 6) is 1.53. The molecular weight excluding hydrogens is 400 g/mol. The molecule has 1 N–H and O–H groups in total. The van der Waals surface area contributed by atoms with Crippen molar-refractivity contribution in [2.45, 2.75) is 17.9 Å². The van der Waals surface area contributed by atoms with Crippen LogP contribution < -0.4 is 14.8 Å². The SMILES string of the molecule is CC(C(=O)Nc1ccc2c(c1)OCCO2)S(=O)Cc1coc(-c2cccs2)n1. The zero-order chi connectivity index (χ0) is 19.5. The molecule has 1 aliphatic rings. The fraction of sp³-hybridized carbons (Fsp3) is 0.263. The minimum Gasteiger partial charge on any atom is -0.486 e. The smallest absolute Gasteiger partial charge is 0.239 e. The van der Waals surface area contributed by atoms with Crippen molar-refractivity contribution >= 4 is 33.7 Å². The van der Waals surface area contributed by atoms with Crippen molar-refractivity contribution in [2.75, 3.05) is 18.5 Å². The third kappa shape index (κ3) is 4.10. The number of oxazole rings is 1. The highest BCUT2D eigenvalue weighted by atomic mass is 32.2. The molecule has 0 saturated carbocycles. The largest absolute Gasteiger partial charge is 0.486 e. The fourth-order valence-electron chi connectivity index (χ4n) is 2.64. The van der Waals surface area contributed by atoms with E-state index in [0.717, 1.165) is 4.88 Å². The molecule has 146 valence electrons. The molecule has 0 aliphatic carbocycles. The summed E-state index contributed by atoms with van der Waals surface area (Å²) in [5.41, 5.74) is 1.13. The first-order valence-corrected chi connectivity index (χ1v) is 10.9. The van der Waals surface area contributed by atoms with Crippen molar-refractivity contribution in [3.05, 3.63) is 47.7 Å². The van der Waals surface area contributed by atoms with E-state index in [1.54, 1.807) is 25.1 Å². The number of carbonyl (C=O) groups excluding carboxylic acids is 1. The second-order valence-electron chi connectivity index (χ2n) is 6.14. The van der Waals surface area contributed by atoms with Gasteiger partial charge in [-0.15, -0.1) is 11.3 Å². The van der Waals surface area contributed by atoms with Crippen LogP contribution in [-0.4, -0.2) is 33.6 Å². The van der Waals surface area contributed by atoms with Gasteiger partial charge in [-0.1, -0.05) is 6.07 Å². The Morgan fingerprint density at radius 1 is 1.29 bits per heavy atom. The van der Waals surface area contributed by atoms with Gasteiger partial charge in [-0.3, -0.25) is 9.00 Å². The Morgan fingerprint density at radius 2 is 2.11 bits per heavy atom. The van der Waals surface area contributed by atoms with E-state index in [9.17, 15) is 9.00 Å². The van der Waals surface area contributed by atoms with Gasteiger partial charge in [-0.2, -0.15) is 0 Å². The third-order valence-electron chi connectivity index (χ3n) is 4.15. The maximum absolute atomic E-state index is 12.6. The summed E-state index contributed by atoms with van der Waals surface area (Å²) in [6.07, 6.45) is 1.48. The average Bonchev–Trinajstić information content (AvgIpc) is 3.39. The summed E-state index contributed by atoms with van der Waals surface area (Å²) >= 11 is 1.51. The number of ether oxygens (including phenoxy) is 2. The summed E-state index contributed by atoms with van der Waals surface area (Å²) in [7, 11) is -1.44. The van der Waals surface area contributed by atoms with E-state index < -0.39 is 16.0 Å². The van der Waals surface area contributed by atoms with E-state index in [2.05, 4.69) is 10.3 Å². The molecule has 7 nitrogen and oxygen atoms in total. The first-order valence-electron chi connectivity index (χ1n) is 8.66. The summed E-state index contributed by atoms with van der Waals surface area (Å²) in [4.78, 5) is 17.7. The van der Waals surface area contributed by atoms with Gasteiger partial charge in [0.1, 0.15) is 24.7 Å². The quantitative estimate of drug-likeness (QED) is 0.659. The number of carbonyl (C=O) groups is 1. The Labute approximate surface area is 168 Å². The zero-order valence-corrected chi connectivity index (χ0v) is 16.7. The number of hydrogen-bond donors (Lipinski definition) is 1. The second kappa shape index (κ2) is 8.15. The molecule has 0 bridgehead atoms. The Hall–Kier alpha value is -2.65. The molecule has 0 fully saturated rings. The van der Waals surface area contributed by atoms with Gasteiger partial charge in [-0.25, -0.2) is 4.98 Å². The topological polar surface area (TPSA) is 90.7 Å². The fourth-order valence-corrected chi connectivity index (χ4v) is 4.27. The monoisotopic (exact) mass is 418 g/mol. The Bertz CT molecular complexity index is 1000. The van der Waals surface area contributed by atoms with Gasteiger partial charge in [0.05, 0.1) is 16.3 Å². The molecular formula is C19H18N2O5S2. The summed E-state index contributed by atoms with van der Waals surface area (Å²) in [6.45, 7) is 2.60. The van der Waals surface area contributed by atoms with Crippen molar-refractivity contribution in [2.24, 2.45) is 0 Å². The number of rotatable bonds is 6. The standard InChI is InChI=1S/C19H18N2O5S2/c1-12(18(22)20-13-4-5-15-16(9-13)25-7-6-24-15)28(23)11-14-10-26-19(21-14)17-3-2-8-27-17/h2-5,8-10,12H,6-7,11H2,1H3,(H,20,22). The molecule has 0 radical (unpaired) electrons. The van der Waals surface area contributed by atoms with Crippen LogP contribution >= 0.6 is 11.3 Å². The van der Waals surface area contributed by atoms with E-state index in [1.807, 2.05) is 17.5 Å². The highest BCUT2D eigenvalue weighted by Crippen LogP contribution is 2.32. The van der Waals surface area contributed by atoms with Crippen LogP contribution in [0, 0.1) is 0 Å². The van der Waals surface area contributed by atoms with Gasteiger partial charge >= 0.3 is 0 Å². The maximum Gasteiger partial charge on any atom is 0.239 e. The van der Waals surface area contributed by atoms with Crippen LogP contribution in [0.4, 0.5) is 5.69 Å². The summed E-state index contributed by atoms with van der Waals surface area (Å²) in [5, 5.41) is 4.00. The van der Waals surface area contributed by atoms with Crippen molar-refractivity contribution < 1.29 is 22.9 Å². The number of anilines is 1. The Kier molecular flexibility index (Phi) is 5.45. The van der Waals surface area contributed by atoms with E-state index >= 15 is 0 Å². The normalized spacial score (nSPS) is 15.0. The lowest BCUT2D eigenvalue weighted by atomic mass is 10.2. The number of thiophene rings is 1. The zero-order valence-electron chi connectivity index (χ0n) is 15.0. The predicted molar refractivity (Wildman–Crippen MR) is 107 cm³/mol. The Balaban J connectivity index is 1.37. The van der Waals surface area contributed by atoms with E-state index in [1.165, 1.54) is 17.6 Å². The van der Waals surface area contributed by atoms with Crippen molar-refractivity contribution in [3.8, 4) is 22.3 Å². The van der Waals surface area contributed by atoms with E-state index in [4.69, 9.17) is 13.9 Å². The molecule has 2 unspecified atom stereocenters. The lowest BCUT2D eigenvalue weighted by Gasteiger charge is -2.19. The maximum atomic E-state index is 12.6. The molecule has 2 aromatic heterocycles. The highest BCUT2D eigenvalue weighted by Gasteiger charge is 2.22. The van der Waals surface area contributed by atoms with Crippen LogP contribution in [0.15, 0.2) is 46.4 Å². The Morgan fingerprint density at radius 3 is 2.89 bits per heavy atom. The number of nitrogens with zero attached hydrogens (tertiary/aromatic N) is 1. The molecule has 2 atom stereocenters. The number of nitrogens with one attached hydrogen (secondary N) is 1. The summed E-state index contributed by atoms with van der Waals surface area (Å²) in [6, 6.07) is 8.99. The molecule has 4 rings (SSSR count). The van der Waals surface area contributed by atoms with Crippen LogP contribution in [0.1, 0.15) is 12.6 Å². The number of hydrogen-bond acceptors (Lipinski definition) is 7. The van der Waals surface area contributed by atoms with E-state index in [0.29, 0.717) is 42.0 Å². The predicted octanol–water partition coefficient (Wildman–Crippen LogP) is 3.45. The van der Waals surface area contributed by atoms with Gasteiger partial charge in [0, 0.05) is 22.6 Å². The second-order valence-corrected chi connectivity index (χ2v) is 8.84. The van der Waals surface area contributed by atoms with Crippen molar-refractivity contribution in [1.82, 2.24) is 4.98 Å². The van der Waals surface area contributed by atoms with Crippen LogP contribution in [0.25, 0.3) is 10.8 Å². The van der Waals surface area contributed by atoms with Crippen molar-refractivity contribution in [1.29, 1.82) is 0 Å². The average molecular weight is 418 g/mol. The van der Waals surface area contributed by atoms with Gasteiger partial charge < -0.3 is 19.2 Å². The number of fused-ring (bicyclic) bond motifs is 1. The number of benzene rings is 1. The van der Waals surface area contributed by atoms with Crippen LogP contribution in [-0.2, 0) is 21.3 Å². The minimum absolute atomic E-state index is 0.143. The number of amides is 1. The lowest BCUT2D eigenvalue weighted by Crippen LogP contribution is -2.29. The third-order valence-corrected chi connectivity index (χ3v) is 6.59. The van der Waals surface area contributed by atoms with Crippen molar-refractivity contribution in [3.63, 3.8) is 0 Å². The first-order chi connectivity index (χ1) is 13.6. The molecule has 1 amide bonds. The van der Waals surface area contributed by atoms with Gasteiger partial charge in [0.2, 0.25) is 11.8 Å². The molecule has 28 heavy (non-hydrogen) atoms. The lowest BCUT2D eigenvalue weighted by molar-refractivity contribution is -0.115. The molecule has 3 heterocycles. The minimum atomic E-state index is -1.44. The van der Waals surface area contributed by atoms with Crippen LogP contribution in [0.2, 0.25) is 0 Å². The molecule has 0 saturated heterocycles. The molecule has 1 aliphatic heterocycles. The number of aromatic nitrogens is 1.